The van der Waals surface area contributed by atoms with Gasteiger partial charge in [-0.25, -0.2) is 13.4 Å². The Labute approximate surface area is 183 Å². The first-order valence-electron chi connectivity index (χ1n) is 9.62. The van der Waals surface area contributed by atoms with Crippen LogP contribution >= 0.6 is 11.6 Å². The number of carbonyl (C=O) groups is 1. The maximum Gasteiger partial charge on any atom is 0.419 e. The van der Waals surface area contributed by atoms with E-state index in [2.05, 4.69) is 15.6 Å². The van der Waals surface area contributed by atoms with Crippen molar-refractivity contribution in [1.82, 2.24) is 10.3 Å². The molecule has 168 valence electrons. The molecule has 2 N–H and O–H groups in total. The van der Waals surface area contributed by atoms with Crippen LogP contribution in [0.4, 0.5) is 19.0 Å². The topological polar surface area (TPSA) is 88.2 Å². The largest absolute Gasteiger partial charge is 0.419 e. The van der Waals surface area contributed by atoms with E-state index < -0.39 is 32.2 Å². The Morgan fingerprint density at radius 2 is 1.74 bits per heavy atom. The minimum atomic E-state index is -4.57. The zero-order valence-corrected chi connectivity index (χ0v) is 17.9. The highest BCUT2D eigenvalue weighted by Crippen LogP contribution is 2.41. The smallest absolute Gasteiger partial charge is 0.368 e. The Bertz CT molecular complexity index is 1040. The molecule has 1 saturated carbocycles. The van der Waals surface area contributed by atoms with E-state index in [9.17, 15) is 26.4 Å². The summed E-state index contributed by atoms with van der Waals surface area (Å²) in [6, 6.07) is 7.72. The number of hydrogen-bond donors (Lipinski definition) is 2. The third-order valence-electron chi connectivity index (χ3n) is 5.28. The first kappa shape index (κ1) is 23.3. The molecule has 0 radical (unpaired) electrons. The number of nitrogens with zero attached hydrogens (tertiary/aromatic N) is 1. The summed E-state index contributed by atoms with van der Waals surface area (Å²) in [6.07, 6.45) is -1.82. The number of nitrogens with one attached hydrogen (secondary N) is 2. The number of carbonyl (C=O) groups excluding carboxylic acids is 1. The summed E-state index contributed by atoms with van der Waals surface area (Å²) >= 11 is 5.84. The molecule has 1 aromatic heterocycles. The van der Waals surface area contributed by atoms with Crippen LogP contribution in [0, 0.1) is 0 Å². The van der Waals surface area contributed by atoms with E-state index in [1.165, 1.54) is 36.5 Å². The van der Waals surface area contributed by atoms with E-state index >= 15 is 0 Å². The molecule has 1 aliphatic rings. The molecule has 0 aliphatic heterocycles. The molecular formula is C20H21ClF3N3O3S. The Kier molecular flexibility index (Phi) is 6.80. The molecule has 0 saturated heterocycles. The standard InChI is InChI=1S/C20H21ClF3N3O3S/c21-14-5-7-15(8-6-14)31(29,30)19(9-1-2-10-19)18(28)27-13-12-26-17-16(20(22,23)24)4-3-11-25-17/h3-8,11H,1-2,9-10,12-13H2,(H,25,26)(H,27,28). The first-order valence-corrected chi connectivity index (χ1v) is 11.5. The van der Waals surface area contributed by atoms with Gasteiger partial charge in [-0.3, -0.25) is 4.79 Å². The predicted octanol–water partition coefficient (Wildman–Crippen LogP) is 4.07. The number of anilines is 1. The van der Waals surface area contributed by atoms with Gasteiger partial charge in [-0.15, -0.1) is 0 Å². The van der Waals surface area contributed by atoms with Crippen molar-refractivity contribution >= 4 is 33.2 Å². The van der Waals surface area contributed by atoms with Gasteiger partial charge in [-0.1, -0.05) is 24.4 Å². The number of amides is 1. The summed E-state index contributed by atoms with van der Waals surface area (Å²) in [5, 5.41) is 5.49. The number of rotatable bonds is 7. The summed E-state index contributed by atoms with van der Waals surface area (Å²) < 4.78 is 64.0. The zero-order valence-electron chi connectivity index (χ0n) is 16.4. The Morgan fingerprint density at radius 1 is 1.10 bits per heavy atom. The van der Waals surface area contributed by atoms with Crippen LogP contribution in [0.1, 0.15) is 31.2 Å². The average molecular weight is 476 g/mol. The lowest BCUT2D eigenvalue weighted by Gasteiger charge is -2.27. The minimum Gasteiger partial charge on any atom is -0.368 e. The number of halogens is 4. The minimum absolute atomic E-state index is 0.00961. The van der Waals surface area contributed by atoms with Gasteiger partial charge < -0.3 is 10.6 Å². The van der Waals surface area contributed by atoms with Crippen molar-refractivity contribution in [3.8, 4) is 0 Å². The van der Waals surface area contributed by atoms with Gasteiger partial charge in [-0.05, 0) is 49.2 Å². The Hall–Kier alpha value is -2.33. The Morgan fingerprint density at radius 3 is 2.35 bits per heavy atom. The monoisotopic (exact) mass is 475 g/mol. The van der Waals surface area contributed by atoms with Gasteiger partial charge in [0.1, 0.15) is 5.82 Å². The molecule has 0 unspecified atom stereocenters. The van der Waals surface area contributed by atoms with Gasteiger partial charge >= 0.3 is 6.18 Å². The molecule has 6 nitrogen and oxygen atoms in total. The van der Waals surface area contributed by atoms with Crippen molar-refractivity contribution in [2.45, 2.75) is 41.5 Å². The number of alkyl halides is 3. The van der Waals surface area contributed by atoms with Crippen molar-refractivity contribution in [1.29, 1.82) is 0 Å². The van der Waals surface area contributed by atoms with Crippen LogP contribution in [0.15, 0.2) is 47.5 Å². The van der Waals surface area contributed by atoms with Crippen molar-refractivity contribution in [2.24, 2.45) is 0 Å². The number of sulfone groups is 1. The molecule has 1 heterocycles. The van der Waals surface area contributed by atoms with Crippen LogP contribution in [0.3, 0.4) is 0 Å². The third kappa shape index (κ3) is 4.79. The summed E-state index contributed by atoms with van der Waals surface area (Å²) in [7, 11) is -3.98. The Balaban J connectivity index is 1.69. The summed E-state index contributed by atoms with van der Waals surface area (Å²) in [5.74, 6) is -1.01. The number of benzene rings is 1. The van der Waals surface area contributed by atoms with Gasteiger partial charge in [0.15, 0.2) is 14.6 Å². The van der Waals surface area contributed by atoms with Crippen LogP contribution < -0.4 is 10.6 Å². The van der Waals surface area contributed by atoms with Gasteiger partial charge in [0.2, 0.25) is 5.91 Å². The second-order valence-corrected chi connectivity index (χ2v) is 9.93. The number of hydrogen-bond acceptors (Lipinski definition) is 5. The fraction of sp³-hybridized carbons (Fsp3) is 0.400. The molecule has 1 aliphatic carbocycles. The average Bonchev–Trinajstić information content (AvgIpc) is 3.23. The van der Waals surface area contributed by atoms with Gasteiger partial charge in [-0.2, -0.15) is 13.2 Å². The summed E-state index contributed by atoms with van der Waals surface area (Å²) in [4.78, 5) is 16.7. The maximum atomic E-state index is 13.3. The molecule has 1 amide bonds. The van der Waals surface area contributed by atoms with Crippen molar-refractivity contribution in [2.75, 3.05) is 18.4 Å². The number of pyridine rings is 1. The quantitative estimate of drug-likeness (QED) is 0.589. The highest BCUT2D eigenvalue weighted by Gasteiger charge is 2.52. The fourth-order valence-corrected chi connectivity index (χ4v) is 5.91. The zero-order chi connectivity index (χ0) is 22.7. The second-order valence-electron chi connectivity index (χ2n) is 7.24. The lowest BCUT2D eigenvalue weighted by Crippen LogP contribution is -2.51. The number of aromatic nitrogens is 1. The predicted molar refractivity (Wildman–Crippen MR) is 111 cm³/mol. The van der Waals surface area contributed by atoms with E-state index in [1.54, 1.807) is 0 Å². The third-order valence-corrected chi connectivity index (χ3v) is 8.05. The highest BCUT2D eigenvalue weighted by molar-refractivity contribution is 7.93. The molecule has 0 atom stereocenters. The first-order chi connectivity index (χ1) is 14.6. The molecule has 2 aromatic rings. The van der Waals surface area contributed by atoms with Gasteiger partial charge in [0, 0.05) is 24.3 Å². The second kappa shape index (κ2) is 9.04. The maximum absolute atomic E-state index is 13.3. The van der Waals surface area contributed by atoms with E-state index in [-0.39, 0.29) is 36.6 Å². The van der Waals surface area contributed by atoms with Gasteiger partial charge in [0.05, 0.1) is 10.5 Å². The van der Waals surface area contributed by atoms with Crippen molar-refractivity contribution < 1.29 is 26.4 Å². The van der Waals surface area contributed by atoms with Crippen LogP contribution in [0.25, 0.3) is 0 Å². The van der Waals surface area contributed by atoms with Crippen LogP contribution in [0.2, 0.25) is 5.02 Å². The normalized spacial score (nSPS) is 16.1. The molecule has 11 heteroatoms. The lowest BCUT2D eigenvalue weighted by molar-refractivity contribution is -0.137. The highest BCUT2D eigenvalue weighted by atomic mass is 35.5. The molecule has 1 aromatic carbocycles. The molecule has 0 bridgehead atoms. The van der Waals surface area contributed by atoms with Crippen LogP contribution in [-0.4, -0.2) is 37.1 Å². The summed E-state index contributed by atoms with van der Waals surface area (Å²) in [6.45, 7) is -0.118. The molecular weight excluding hydrogens is 455 g/mol. The van der Waals surface area contributed by atoms with Crippen LogP contribution in [0.5, 0.6) is 0 Å². The summed E-state index contributed by atoms with van der Waals surface area (Å²) in [5.41, 5.74) is -0.918. The van der Waals surface area contributed by atoms with E-state index in [4.69, 9.17) is 11.6 Å². The molecule has 3 rings (SSSR count). The molecule has 31 heavy (non-hydrogen) atoms. The van der Waals surface area contributed by atoms with E-state index in [0.717, 1.165) is 6.07 Å². The molecule has 1 fully saturated rings. The van der Waals surface area contributed by atoms with E-state index in [0.29, 0.717) is 17.9 Å². The van der Waals surface area contributed by atoms with Crippen LogP contribution in [-0.2, 0) is 20.8 Å². The van der Waals surface area contributed by atoms with Crippen molar-refractivity contribution in [3.05, 3.63) is 53.2 Å². The SMILES string of the molecule is O=C(NCCNc1ncccc1C(F)(F)F)C1(S(=O)(=O)c2ccc(Cl)cc2)CCCC1. The lowest BCUT2D eigenvalue weighted by atomic mass is 10.1. The van der Waals surface area contributed by atoms with Gasteiger partial charge in [0.25, 0.3) is 0 Å². The fourth-order valence-electron chi connectivity index (χ4n) is 3.70. The van der Waals surface area contributed by atoms with E-state index in [1.807, 2.05) is 0 Å². The van der Waals surface area contributed by atoms with Crippen molar-refractivity contribution in [3.63, 3.8) is 0 Å². The molecule has 0 spiro atoms.